The van der Waals surface area contributed by atoms with Gasteiger partial charge in [-0.25, -0.2) is 0 Å². The van der Waals surface area contributed by atoms with Gasteiger partial charge in [0.05, 0.1) is 0 Å². The van der Waals surface area contributed by atoms with E-state index in [0.717, 1.165) is 4.68 Å². The second-order valence-corrected chi connectivity index (χ2v) is 4.70. The first-order valence-corrected chi connectivity index (χ1v) is 6.49. The molecule has 0 saturated heterocycles. The summed E-state index contributed by atoms with van der Waals surface area (Å²) >= 11 is 11.4. The minimum absolute atomic E-state index is 0.228. The third-order valence-corrected chi connectivity index (χ3v) is 2.93. The minimum atomic E-state index is -0.350. The van der Waals surface area contributed by atoms with Crippen LogP contribution in [0.4, 0.5) is 0 Å². The van der Waals surface area contributed by atoms with Crippen molar-refractivity contribution in [2.75, 3.05) is 0 Å². The molecule has 0 unspecified atom stereocenters. The van der Waals surface area contributed by atoms with Crippen molar-refractivity contribution in [3.05, 3.63) is 57.1 Å². The molecule has 9 heteroatoms. The molecule has 0 fully saturated rings. The third kappa shape index (κ3) is 2.88. The number of rotatable bonds is 2. The Labute approximate surface area is 128 Å². The number of nitrogens with zero attached hydrogens (tertiary/aromatic N) is 6. The smallest absolute Gasteiger partial charge is 0.267 e. The summed E-state index contributed by atoms with van der Waals surface area (Å²) in [7, 11) is 0. The Bertz CT molecular complexity index is 832. The van der Waals surface area contributed by atoms with E-state index in [1.54, 1.807) is 24.3 Å². The fraction of sp³-hybridized carbons (Fsp3) is 0. The molecule has 3 aromatic rings. The van der Waals surface area contributed by atoms with Crippen LogP contribution in [-0.2, 0) is 0 Å². The van der Waals surface area contributed by atoms with Crippen LogP contribution >= 0.6 is 23.2 Å². The van der Waals surface area contributed by atoms with E-state index in [9.17, 15) is 4.79 Å². The van der Waals surface area contributed by atoms with Crippen molar-refractivity contribution in [1.82, 2.24) is 30.2 Å². The van der Waals surface area contributed by atoms with Crippen LogP contribution in [0.5, 0.6) is 0 Å². The lowest BCUT2D eigenvalue weighted by Crippen LogP contribution is -2.21. The van der Waals surface area contributed by atoms with E-state index < -0.39 is 0 Å². The molecule has 0 aromatic carbocycles. The van der Waals surface area contributed by atoms with Crippen LogP contribution in [0, 0.1) is 0 Å². The van der Waals surface area contributed by atoms with E-state index in [1.165, 1.54) is 12.1 Å². The summed E-state index contributed by atoms with van der Waals surface area (Å²) in [6.45, 7) is 0. The first-order chi connectivity index (χ1) is 10.1. The molecule has 0 amide bonds. The van der Waals surface area contributed by atoms with Gasteiger partial charge in [0.2, 0.25) is 0 Å². The molecule has 104 valence electrons. The van der Waals surface area contributed by atoms with Crippen molar-refractivity contribution in [1.29, 1.82) is 0 Å². The van der Waals surface area contributed by atoms with Crippen molar-refractivity contribution >= 4 is 23.2 Å². The summed E-state index contributed by atoms with van der Waals surface area (Å²) < 4.78 is 1.11. The standard InChI is InChI=1S/C12H6Cl2N6O/c13-9-3-1-7(15-16-9)8-2-6-12(21)20(19-8)11-5-4-10(14)17-18-11/h1-6H. The Morgan fingerprint density at radius 3 is 2.05 bits per heavy atom. The molecule has 0 aliphatic rings. The lowest BCUT2D eigenvalue weighted by molar-refractivity contribution is 0.762. The van der Waals surface area contributed by atoms with Gasteiger partial charge in [-0.3, -0.25) is 4.79 Å². The van der Waals surface area contributed by atoms with Gasteiger partial charge in [-0.15, -0.1) is 20.4 Å². The highest BCUT2D eigenvalue weighted by atomic mass is 35.5. The first kappa shape index (κ1) is 13.6. The van der Waals surface area contributed by atoms with Crippen LogP contribution < -0.4 is 5.56 Å². The van der Waals surface area contributed by atoms with Gasteiger partial charge in [0, 0.05) is 6.07 Å². The lowest BCUT2D eigenvalue weighted by atomic mass is 10.3. The van der Waals surface area contributed by atoms with Crippen LogP contribution in [0.25, 0.3) is 17.2 Å². The molecular weight excluding hydrogens is 315 g/mol. The number of aromatic nitrogens is 6. The Balaban J connectivity index is 2.10. The molecule has 0 bridgehead atoms. The van der Waals surface area contributed by atoms with Gasteiger partial charge in [-0.2, -0.15) is 9.78 Å². The lowest BCUT2D eigenvalue weighted by Gasteiger charge is -2.04. The fourth-order valence-corrected chi connectivity index (χ4v) is 1.79. The van der Waals surface area contributed by atoms with Crippen molar-refractivity contribution in [2.45, 2.75) is 0 Å². The quantitative estimate of drug-likeness (QED) is 0.715. The molecule has 0 atom stereocenters. The maximum absolute atomic E-state index is 11.9. The Morgan fingerprint density at radius 1 is 0.762 bits per heavy atom. The molecule has 0 aliphatic heterocycles. The highest BCUT2D eigenvalue weighted by Crippen LogP contribution is 2.14. The van der Waals surface area contributed by atoms with Crippen molar-refractivity contribution < 1.29 is 0 Å². The second-order valence-electron chi connectivity index (χ2n) is 3.92. The van der Waals surface area contributed by atoms with Crippen molar-refractivity contribution in [2.24, 2.45) is 0 Å². The molecule has 0 N–H and O–H groups in total. The third-order valence-electron chi connectivity index (χ3n) is 2.53. The first-order valence-electron chi connectivity index (χ1n) is 5.73. The maximum atomic E-state index is 11.9. The molecule has 0 saturated carbocycles. The normalized spacial score (nSPS) is 10.6. The van der Waals surface area contributed by atoms with Gasteiger partial charge in [-0.05, 0) is 30.3 Å². The van der Waals surface area contributed by atoms with Gasteiger partial charge in [0.15, 0.2) is 16.1 Å². The fourth-order valence-electron chi connectivity index (χ4n) is 1.59. The summed E-state index contributed by atoms with van der Waals surface area (Å²) in [5, 5.41) is 19.8. The Hall–Kier alpha value is -2.38. The zero-order chi connectivity index (χ0) is 14.8. The van der Waals surface area contributed by atoms with Gasteiger partial charge >= 0.3 is 0 Å². The van der Waals surface area contributed by atoms with Crippen molar-refractivity contribution in [3.8, 4) is 17.2 Å². The SMILES string of the molecule is O=c1ccc(-c2ccc(Cl)nn2)nn1-c1ccc(Cl)nn1. The van der Waals surface area contributed by atoms with E-state index >= 15 is 0 Å². The van der Waals surface area contributed by atoms with Gasteiger partial charge < -0.3 is 0 Å². The number of halogens is 2. The molecule has 0 radical (unpaired) electrons. The van der Waals surface area contributed by atoms with E-state index in [0.29, 0.717) is 11.4 Å². The van der Waals surface area contributed by atoms with Crippen LogP contribution in [0.2, 0.25) is 10.3 Å². The van der Waals surface area contributed by atoms with Gasteiger partial charge in [0.1, 0.15) is 11.4 Å². The monoisotopic (exact) mass is 320 g/mol. The topological polar surface area (TPSA) is 86.5 Å². The highest BCUT2D eigenvalue weighted by molar-refractivity contribution is 6.29. The molecule has 3 heterocycles. The highest BCUT2D eigenvalue weighted by Gasteiger charge is 2.08. The Kier molecular flexibility index (Phi) is 3.59. The molecule has 0 aliphatic carbocycles. The molecular formula is C12H6Cl2N6O. The van der Waals surface area contributed by atoms with Gasteiger partial charge in [0.25, 0.3) is 5.56 Å². The van der Waals surface area contributed by atoms with Crippen LogP contribution in [-0.4, -0.2) is 30.2 Å². The zero-order valence-corrected chi connectivity index (χ0v) is 11.8. The second kappa shape index (κ2) is 5.55. The zero-order valence-electron chi connectivity index (χ0n) is 10.3. The number of hydrogen-bond donors (Lipinski definition) is 0. The molecule has 7 nitrogen and oxygen atoms in total. The van der Waals surface area contributed by atoms with Crippen LogP contribution in [0.15, 0.2) is 41.2 Å². The molecule has 21 heavy (non-hydrogen) atoms. The average Bonchev–Trinajstić information content (AvgIpc) is 2.50. The van der Waals surface area contributed by atoms with E-state index in [4.69, 9.17) is 23.2 Å². The summed E-state index contributed by atoms with van der Waals surface area (Å²) in [6, 6.07) is 9.20. The summed E-state index contributed by atoms with van der Waals surface area (Å²) in [6.07, 6.45) is 0. The van der Waals surface area contributed by atoms with Crippen LogP contribution in [0.3, 0.4) is 0 Å². The predicted octanol–water partition coefficient (Wildman–Crippen LogP) is 1.79. The predicted molar refractivity (Wildman–Crippen MR) is 76.5 cm³/mol. The average molecular weight is 321 g/mol. The Morgan fingerprint density at radius 2 is 1.43 bits per heavy atom. The number of hydrogen-bond acceptors (Lipinski definition) is 6. The molecule has 3 aromatic heterocycles. The maximum Gasteiger partial charge on any atom is 0.273 e. The van der Waals surface area contributed by atoms with Crippen molar-refractivity contribution in [3.63, 3.8) is 0 Å². The van der Waals surface area contributed by atoms with E-state index in [2.05, 4.69) is 25.5 Å². The van der Waals surface area contributed by atoms with E-state index in [1.807, 2.05) is 0 Å². The largest absolute Gasteiger partial charge is 0.273 e. The van der Waals surface area contributed by atoms with Gasteiger partial charge in [-0.1, -0.05) is 23.2 Å². The molecule has 3 rings (SSSR count). The molecule has 0 spiro atoms. The minimum Gasteiger partial charge on any atom is -0.267 e. The summed E-state index contributed by atoms with van der Waals surface area (Å²) in [4.78, 5) is 11.9. The van der Waals surface area contributed by atoms with Crippen LogP contribution in [0.1, 0.15) is 0 Å². The summed E-state index contributed by atoms with van der Waals surface area (Å²) in [5.41, 5.74) is 0.586. The summed E-state index contributed by atoms with van der Waals surface area (Å²) in [5.74, 6) is 0.258. The van der Waals surface area contributed by atoms with E-state index in [-0.39, 0.29) is 21.7 Å².